The van der Waals surface area contributed by atoms with E-state index in [1.165, 1.54) is 0 Å². The van der Waals surface area contributed by atoms with Crippen molar-refractivity contribution in [2.24, 2.45) is 0 Å². The lowest BCUT2D eigenvalue weighted by Gasteiger charge is -2.26. The van der Waals surface area contributed by atoms with Crippen LogP contribution in [0.2, 0.25) is 0 Å². The molecule has 2 rings (SSSR count). The number of morpholine rings is 1. The number of nitrogens with zero attached hydrogens (tertiary/aromatic N) is 2. The van der Waals surface area contributed by atoms with E-state index in [-0.39, 0.29) is 5.91 Å². The largest absolute Gasteiger partial charge is 0.379 e. The Labute approximate surface area is 113 Å². The monoisotopic (exact) mass is 264 g/mol. The molecule has 1 aromatic rings. The van der Waals surface area contributed by atoms with Crippen LogP contribution in [-0.2, 0) is 4.74 Å². The molecule has 0 unspecified atom stereocenters. The molecule has 0 radical (unpaired) electrons. The van der Waals surface area contributed by atoms with Crippen molar-refractivity contribution >= 4 is 11.7 Å². The van der Waals surface area contributed by atoms with Gasteiger partial charge in [0.05, 0.1) is 13.2 Å². The van der Waals surface area contributed by atoms with Crippen LogP contribution in [0.5, 0.6) is 0 Å². The van der Waals surface area contributed by atoms with Crippen molar-refractivity contribution in [3.8, 4) is 0 Å². The quantitative estimate of drug-likeness (QED) is 0.794. The van der Waals surface area contributed by atoms with Crippen molar-refractivity contribution in [1.29, 1.82) is 0 Å². The minimum absolute atomic E-state index is 0.0985. The number of pyridine rings is 1. The van der Waals surface area contributed by atoms with E-state index >= 15 is 0 Å². The summed E-state index contributed by atoms with van der Waals surface area (Å²) in [4.78, 5) is 18.0. The van der Waals surface area contributed by atoms with Gasteiger partial charge in [-0.3, -0.25) is 9.69 Å². The van der Waals surface area contributed by atoms with E-state index in [9.17, 15) is 4.79 Å². The number of carbonyl (C=O) groups excluding carboxylic acids is 1. The second kappa shape index (κ2) is 7.06. The maximum Gasteiger partial charge on any atom is 0.251 e. The number of aromatic nitrogens is 1. The van der Waals surface area contributed by atoms with Crippen molar-refractivity contribution < 1.29 is 9.53 Å². The lowest BCUT2D eigenvalue weighted by atomic mass is 10.2. The molecule has 1 amide bonds. The number of amides is 1. The van der Waals surface area contributed by atoms with Crippen LogP contribution >= 0.6 is 0 Å². The first kappa shape index (κ1) is 13.8. The van der Waals surface area contributed by atoms with E-state index in [2.05, 4.69) is 20.5 Å². The highest BCUT2D eigenvalue weighted by molar-refractivity contribution is 5.94. The minimum atomic E-state index is -0.0985. The molecule has 6 heteroatoms. The van der Waals surface area contributed by atoms with Gasteiger partial charge in [-0.25, -0.2) is 4.98 Å². The smallest absolute Gasteiger partial charge is 0.251 e. The first-order valence-corrected chi connectivity index (χ1v) is 6.51. The topological polar surface area (TPSA) is 66.5 Å². The fraction of sp³-hybridized carbons (Fsp3) is 0.538. The van der Waals surface area contributed by atoms with Crippen molar-refractivity contribution in [1.82, 2.24) is 15.2 Å². The van der Waals surface area contributed by atoms with E-state index in [0.717, 1.165) is 45.2 Å². The summed E-state index contributed by atoms with van der Waals surface area (Å²) in [6.07, 6.45) is 1.64. The van der Waals surface area contributed by atoms with Crippen LogP contribution in [-0.4, -0.2) is 62.2 Å². The average Bonchev–Trinajstić information content (AvgIpc) is 2.48. The van der Waals surface area contributed by atoms with E-state index < -0.39 is 0 Å². The van der Waals surface area contributed by atoms with Crippen LogP contribution in [0.4, 0.5) is 5.82 Å². The van der Waals surface area contributed by atoms with Crippen LogP contribution in [0.25, 0.3) is 0 Å². The molecule has 1 fully saturated rings. The highest BCUT2D eigenvalue weighted by Crippen LogP contribution is 2.06. The summed E-state index contributed by atoms with van der Waals surface area (Å²) in [5, 5.41) is 5.84. The Morgan fingerprint density at radius 3 is 3.00 bits per heavy atom. The molecule has 0 spiro atoms. The van der Waals surface area contributed by atoms with Crippen LogP contribution in [0.15, 0.2) is 18.3 Å². The molecule has 0 aromatic carbocycles. The van der Waals surface area contributed by atoms with E-state index in [1.807, 2.05) is 0 Å². The van der Waals surface area contributed by atoms with E-state index in [0.29, 0.717) is 5.56 Å². The van der Waals surface area contributed by atoms with Gasteiger partial charge < -0.3 is 15.4 Å². The van der Waals surface area contributed by atoms with Gasteiger partial charge in [-0.2, -0.15) is 0 Å². The number of anilines is 1. The van der Waals surface area contributed by atoms with Gasteiger partial charge in [0, 0.05) is 45.0 Å². The highest BCUT2D eigenvalue weighted by atomic mass is 16.5. The Balaban J connectivity index is 1.80. The molecular formula is C13H20N4O2. The zero-order chi connectivity index (χ0) is 13.5. The molecule has 1 saturated heterocycles. The zero-order valence-electron chi connectivity index (χ0n) is 11.2. The molecule has 0 atom stereocenters. The molecule has 0 bridgehead atoms. The molecule has 2 heterocycles. The lowest BCUT2D eigenvalue weighted by Crippen LogP contribution is -2.39. The van der Waals surface area contributed by atoms with Crippen molar-refractivity contribution in [2.75, 3.05) is 51.8 Å². The predicted molar refractivity (Wildman–Crippen MR) is 73.4 cm³/mol. The van der Waals surface area contributed by atoms with Crippen LogP contribution in [0, 0.1) is 0 Å². The Morgan fingerprint density at radius 1 is 1.47 bits per heavy atom. The molecule has 6 nitrogen and oxygen atoms in total. The van der Waals surface area contributed by atoms with E-state index in [1.54, 1.807) is 25.4 Å². The van der Waals surface area contributed by atoms with Gasteiger partial charge in [0.15, 0.2) is 0 Å². The summed E-state index contributed by atoms with van der Waals surface area (Å²) >= 11 is 0. The molecule has 1 aliphatic heterocycles. The van der Waals surface area contributed by atoms with Crippen molar-refractivity contribution in [3.05, 3.63) is 23.9 Å². The fourth-order valence-electron chi connectivity index (χ4n) is 1.98. The molecule has 0 saturated carbocycles. The molecule has 0 aliphatic carbocycles. The van der Waals surface area contributed by atoms with Crippen LogP contribution < -0.4 is 10.6 Å². The van der Waals surface area contributed by atoms with Gasteiger partial charge in [-0.05, 0) is 12.1 Å². The fourth-order valence-corrected chi connectivity index (χ4v) is 1.98. The summed E-state index contributed by atoms with van der Waals surface area (Å²) in [6.45, 7) is 5.34. The third kappa shape index (κ3) is 4.18. The second-order valence-electron chi connectivity index (χ2n) is 4.39. The van der Waals surface area contributed by atoms with Gasteiger partial charge in [0.25, 0.3) is 5.91 Å². The Morgan fingerprint density at radius 2 is 2.26 bits per heavy atom. The average molecular weight is 264 g/mol. The number of carbonyl (C=O) groups is 1. The molecule has 1 aromatic heterocycles. The molecular weight excluding hydrogens is 244 g/mol. The zero-order valence-corrected chi connectivity index (χ0v) is 11.2. The summed E-state index contributed by atoms with van der Waals surface area (Å²) in [6, 6.07) is 3.46. The predicted octanol–water partition coefficient (Wildman–Crippen LogP) is 0.185. The Kier molecular flexibility index (Phi) is 5.11. The lowest BCUT2D eigenvalue weighted by molar-refractivity contribution is 0.0398. The molecule has 2 N–H and O–H groups in total. The van der Waals surface area contributed by atoms with Crippen LogP contribution in [0.3, 0.4) is 0 Å². The molecule has 1 aliphatic rings. The maximum absolute atomic E-state index is 11.5. The van der Waals surface area contributed by atoms with E-state index in [4.69, 9.17) is 4.74 Å². The summed E-state index contributed by atoms with van der Waals surface area (Å²) in [7, 11) is 1.62. The standard InChI is InChI=1S/C13H20N4O2/c1-14-13(18)11-2-3-15-12(10-11)16-4-5-17-6-8-19-9-7-17/h2-3,10H,4-9H2,1H3,(H,14,18)(H,15,16). The van der Waals surface area contributed by atoms with Gasteiger partial charge in [0.2, 0.25) is 0 Å². The Hall–Kier alpha value is -1.66. The minimum Gasteiger partial charge on any atom is -0.379 e. The third-order valence-electron chi connectivity index (χ3n) is 3.09. The summed E-state index contributed by atoms with van der Waals surface area (Å²) in [5.74, 6) is 0.632. The summed E-state index contributed by atoms with van der Waals surface area (Å²) in [5.41, 5.74) is 0.617. The SMILES string of the molecule is CNC(=O)c1ccnc(NCCN2CCOCC2)c1. The first-order chi connectivity index (χ1) is 9.29. The first-order valence-electron chi connectivity index (χ1n) is 6.51. The molecule has 19 heavy (non-hydrogen) atoms. The number of rotatable bonds is 5. The van der Waals surface area contributed by atoms with Gasteiger partial charge in [-0.15, -0.1) is 0 Å². The van der Waals surface area contributed by atoms with Crippen molar-refractivity contribution in [2.45, 2.75) is 0 Å². The summed E-state index contributed by atoms with van der Waals surface area (Å²) < 4.78 is 5.30. The second-order valence-corrected chi connectivity index (χ2v) is 4.39. The van der Waals surface area contributed by atoms with Crippen molar-refractivity contribution in [3.63, 3.8) is 0 Å². The van der Waals surface area contributed by atoms with Gasteiger partial charge >= 0.3 is 0 Å². The highest BCUT2D eigenvalue weighted by Gasteiger charge is 2.09. The normalized spacial score (nSPS) is 16.1. The third-order valence-corrected chi connectivity index (χ3v) is 3.09. The number of hydrogen-bond donors (Lipinski definition) is 2. The Bertz CT molecular complexity index is 419. The van der Waals surface area contributed by atoms with Gasteiger partial charge in [0.1, 0.15) is 5.82 Å². The molecule has 104 valence electrons. The maximum atomic E-state index is 11.5. The number of hydrogen-bond acceptors (Lipinski definition) is 5. The number of nitrogens with one attached hydrogen (secondary N) is 2. The van der Waals surface area contributed by atoms with Crippen LogP contribution in [0.1, 0.15) is 10.4 Å². The number of ether oxygens (including phenoxy) is 1. The van der Waals surface area contributed by atoms with Gasteiger partial charge in [-0.1, -0.05) is 0 Å².